The van der Waals surface area contributed by atoms with Crippen molar-refractivity contribution < 1.29 is 9.72 Å². The average Bonchev–Trinajstić information content (AvgIpc) is 2.38. The maximum Gasteiger partial charge on any atom is 0.292 e. The smallest absolute Gasteiger partial charge is 0.292 e. The molecule has 2 rings (SSSR count). The molecule has 20 heavy (non-hydrogen) atoms. The number of rotatable bonds is 2. The third kappa shape index (κ3) is 3.37. The van der Waals surface area contributed by atoms with Crippen molar-refractivity contribution in [2.45, 2.75) is 13.0 Å². The van der Waals surface area contributed by atoms with Crippen LogP contribution in [0.3, 0.4) is 0 Å². The second kappa shape index (κ2) is 6.53. The van der Waals surface area contributed by atoms with Gasteiger partial charge in [-0.05, 0) is 19.1 Å². The summed E-state index contributed by atoms with van der Waals surface area (Å²) in [4.78, 5) is 24.2. The Labute approximate surface area is 122 Å². The Bertz CT molecular complexity index is 523. The summed E-state index contributed by atoms with van der Waals surface area (Å²) in [6.45, 7) is 3.91. The quantitative estimate of drug-likeness (QED) is 0.482. The molecule has 0 bridgehead atoms. The first-order chi connectivity index (χ1) is 8.99. The highest BCUT2D eigenvalue weighted by molar-refractivity contribution is 5.95. The molecule has 1 amide bonds. The van der Waals surface area contributed by atoms with Gasteiger partial charge in [0.1, 0.15) is 5.69 Å². The van der Waals surface area contributed by atoms with Crippen LogP contribution in [-0.2, 0) is 0 Å². The molecule has 1 saturated heterocycles. The number of hydrogen-bond acceptors (Lipinski definition) is 5. The van der Waals surface area contributed by atoms with Gasteiger partial charge in [-0.1, -0.05) is 0 Å². The van der Waals surface area contributed by atoms with Crippen LogP contribution in [0.15, 0.2) is 18.2 Å². The molecule has 1 aromatic carbocycles. The summed E-state index contributed by atoms with van der Waals surface area (Å²) in [5.41, 5.74) is 5.65. The van der Waals surface area contributed by atoms with Gasteiger partial charge in [0.15, 0.2) is 0 Å². The third-order valence-electron chi connectivity index (χ3n) is 3.13. The average molecular weight is 301 g/mol. The number of nitrogens with two attached hydrogens (primary N) is 1. The number of nitrogens with zero attached hydrogens (tertiary/aromatic N) is 2. The molecule has 0 radical (unpaired) electrons. The van der Waals surface area contributed by atoms with E-state index in [1.54, 1.807) is 4.90 Å². The molecule has 1 aliphatic heterocycles. The van der Waals surface area contributed by atoms with Gasteiger partial charge >= 0.3 is 0 Å². The molecule has 110 valence electrons. The summed E-state index contributed by atoms with van der Waals surface area (Å²) in [6, 6.07) is 4.39. The number of halogens is 1. The maximum absolute atomic E-state index is 12.3. The molecular formula is C12H17ClN4O3. The lowest BCUT2D eigenvalue weighted by molar-refractivity contribution is -0.383. The number of amides is 1. The van der Waals surface area contributed by atoms with Crippen molar-refractivity contribution in [3.63, 3.8) is 0 Å². The molecule has 0 aromatic heterocycles. The number of benzene rings is 1. The van der Waals surface area contributed by atoms with Crippen molar-refractivity contribution >= 4 is 29.7 Å². The normalized spacial score (nSPS) is 18.2. The Morgan fingerprint density at radius 3 is 2.85 bits per heavy atom. The Hall–Kier alpha value is -1.86. The van der Waals surface area contributed by atoms with Gasteiger partial charge in [0, 0.05) is 37.3 Å². The number of anilines is 1. The number of piperazine rings is 1. The highest BCUT2D eigenvalue weighted by Gasteiger charge is 2.23. The van der Waals surface area contributed by atoms with Crippen LogP contribution in [0.1, 0.15) is 17.3 Å². The highest BCUT2D eigenvalue weighted by atomic mass is 35.5. The minimum atomic E-state index is -0.577. The van der Waals surface area contributed by atoms with E-state index in [4.69, 9.17) is 5.73 Å². The Morgan fingerprint density at radius 2 is 2.25 bits per heavy atom. The largest absolute Gasteiger partial charge is 0.393 e. The molecule has 0 saturated carbocycles. The highest BCUT2D eigenvalue weighted by Crippen LogP contribution is 2.23. The molecule has 1 fully saturated rings. The molecule has 0 spiro atoms. The predicted molar refractivity (Wildman–Crippen MR) is 78.1 cm³/mol. The first kappa shape index (κ1) is 16.2. The predicted octanol–water partition coefficient (Wildman–Crippen LogP) is 1.03. The standard InChI is InChI=1S/C12H16N4O3.ClH/c1-8-7-15(5-4-14-8)12(17)9-2-3-10(13)11(6-9)16(18)19;/h2-3,6,8,14H,4-5,7,13H2,1H3;1H. The molecule has 3 N–H and O–H groups in total. The summed E-state index contributed by atoms with van der Waals surface area (Å²) < 4.78 is 0. The van der Waals surface area contributed by atoms with E-state index in [2.05, 4.69) is 5.32 Å². The number of nitro groups is 1. The number of nitrogen functional groups attached to an aromatic ring is 1. The van der Waals surface area contributed by atoms with E-state index in [1.807, 2.05) is 6.92 Å². The zero-order valence-corrected chi connectivity index (χ0v) is 11.9. The van der Waals surface area contributed by atoms with E-state index in [1.165, 1.54) is 18.2 Å². The van der Waals surface area contributed by atoms with E-state index >= 15 is 0 Å². The monoisotopic (exact) mass is 300 g/mol. The molecule has 0 aliphatic carbocycles. The van der Waals surface area contributed by atoms with Gasteiger partial charge in [0.25, 0.3) is 11.6 Å². The second-order valence-electron chi connectivity index (χ2n) is 4.64. The van der Waals surface area contributed by atoms with E-state index in [-0.39, 0.29) is 35.7 Å². The van der Waals surface area contributed by atoms with E-state index in [9.17, 15) is 14.9 Å². The number of nitrogens with one attached hydrogen (secondary N) is 1. The number of hydrogen-bond donors (Lipinski definition) is 2. The van der Waals surface area contributed by atoms with Crippen molar-refractivity contribution in [1.29, 1.82) is 0 Å². The summed E-state index contributed by atoms with van der Waals surface area (Å²) in [5.74, 6) is -0.198. The minimum Gasteiger partial charge on any atom is -0.393 e. The molecule has 7 nitrogen and oxygen atoms in total. The van der Waals surface area contributed by atoms with Crippen molar-refractivity contribution in [2.24, 2.45) is 0 Å². The molecule has 1 heterocycles. The van der Waals surface area contributed by atoms with Crippen molar-refractivity contribution in [3.8, 4) is 0 Å². The van der Waals surface area contributed by atoms with Gasteiger partial charge in [0.2, 0.25) is 0 Å². The number of nitro benzene ring substituents is 1. The fraction of sp³-hybridized carbons (Fsp3) is 0.417. The SMILES string of the molecule is CC1CN(C(=O)c2ccc(N)c([N+](=O)[O-])c2)CCN1.Cl. The fourth-order valence-electron chi connectivity index (χ4n) is 2.13. The lowest BCUT2D eigenvalue weighted by atomic mass is 10.1. The van der Waals surface area contributed by atoms with Gasteiger partial charge in [-0.3, -0.25) is 14.9 Å². The van der Waals surface area contributed by atoms with E-state index < -0.39 is 4.92 Å². The molecule has 1 aliphatic rings. The van der Waals surface area contributed by atoms with Crippen molar-refractivity contribution in [1.82, 2.24) is 10.2 Å². The van der Waals surface area contributed by atoms with Crippen LogP contribution in [0.5, 0.6) is 0 Å². The lowest BCUT2D eigenvalue weighted by Gasteiger charge is -2.31. The van der Waals surface area contributed by atoms with Crippen LogP contribution >= 0.6 is 12.4 Å². The van der Waals surface area contributed by atoms with Gasteiger partial charge in [0.05, 0.1) is 4.92 Å². The van der Waals surface area contributed by atoms with Gasteiger partial charge in [-0.2, -0.15) is 0 Å². The van der Waals surface area contributed by atoms with Crippen LogP contribution in [0, 0.1) is 10.1 Å². The fourth-order valence-corrected chi connectivity index (χ4v) is 2.13. The van der Waals surface area contributed by atoms with Gasteiger partial charge < -0.3 is 16.0 Å². The third-order valence-corrected chi connectivity index (χ3v) is 3.13. The van der Waals surface area contributed by atoms with Gasteiger partial charge in [-0.25, -0.2) is 0 Å². The minimum absolute atomic E-state index is 0. The number of carbonyl (C=O) groups is 1. The Morgan fingerprint density at radius 1 is 1.55 bits per heavy atom. The summed E-state index contributed by atoms with van der Waals surface area (Å²) in [6.07, 6.45) is 0. The topological polar surface area (TPSA) is 102 Å². The first-order valence-electron chi connectivity index (χ1n) is 6.05. The molecule has 8 heteroatoms. The van der Waals surface area contributed by atoms with Crippen molar-refractivity contribution in [2.75, 3.05) is 25.4 Å². The zero-order valence-electron chi connectivity index (χ0n) is 11.0. The number of carbonyl (C=O) groups excluding carboxylic acids is 1. The summed E-state index contributed by atoms with van der Waals surface area (Å²) in [5, 5.41) is 14.1. The lowest BCUT2D eigenvalue weighted by Crippen LogP contribution is -2.51. The van der Waals surface area contributed by atoms with Gasteiger partial charge in [-0.15, -0.1) is 12.4 Å². The Balaban J connectivity index is 0.00000200. The molecule has 1 aromatic rings. The van der Waals surface area contributed by atoms with E-state index in [0.29, 0.717) is 18.7 Å². The van der Waals surface area contributed by atoms with Crippen LogP contribution in [0.25, 0.3) is 0 Å². The summed E-state index contributed by atoms with van der Waals surface area (Å²) in [7, 11) is 0. The summed E-state index contributed by atoms with van der Waals surface area (Å²) >= 11 is 0. The zero-order chi connectivity index (χ0) is 14.0. The van der Waals surface area contributed by atoms with E-state index in [0.717, 1.165) is 6.54 Å². The maximum atomic E-state index is 12.3. The van der Waals surface area contributed by atoms with Crippen LogP contribution in [0.4, 0.5) is 11.4 Å². The molecular weight excluding hydrogens is 284 g/mol. The molecule has 1 unspecified atom stereocenters. The molecule has 1 atom stereocenters. The van der Waals surface area contributed by atoms with Crippen molar-refractivity contribution in [3.05, 3.63) is 33.9 Å². The van der Waals surface area contributed by atoms with Crippen LogP contribution < -0.4 is 11.1 Å². The van der Waals surface area contributed by atoms with Crippen LogP contribution in [0.2, 0.25) is 0 Å². The Kier molecular flexibility index (Phi) is 5.29. The van der Waals surface area contributed by atoms with Crippen LogP contribution in [-0.4, -0.2) is 41.4 Å². The second-order valence-corrected chi connectivity index (χ2v) is 4.64. The first-order valence-corrected chi connectivity index (χ1v) is 6.05.